The molecule has 11 nitrogen and oxygen atoms in total. The van der Waals surface area contributed by atoms with Crippen molar-refractivity contribution in [3.63, 3.8) is 0 Å². The summed E-state index contributed by atoms with van der Waals surface area (Å²) in [6.45, 7) is 7.35. The summed E-state index contributed by atoms with van der Waals surface area (Å²) < 4.78 is 0. The van der Waals surface area contributed by atoms with E-state index in [1.165, 1.54) is 6.92 Å². The van der Waals surface area contributed by atoms with Crippen LogP contribution in [-0.4, -0.2) is 41.2 Å². The van der Waals surface area contributed by atoms with E-state index in [9.17, 15) is 24.5 Å². The maximum atomic E-state index is 12.3. The second kappa shape index (κ2) is 14.4. The Morgan fingerprint density at radius 2 is 1.86 bits per heavy atom. The average molecular weight is 399 g/mol. The molecule has 28 heavy (non-hydrogen) atoms. The molecule has 11 heteroatoms. The molecule has 1 radical (unpaired) electrons. The van der Waals surface area contributed by atoms with Crippen molar-refractivity contribution in [1.29, 1.82) is 5.41 Å². The van der Waals surface area contributed by atoms with E-state index in [0.29, 0.717) is 38.0 Å². The number of amides is 2. The minimum absolute atomic E-state index is 0.00207. The first kappa shape index (κ1) is 25.3. The van der Waals surface area contributed by atoms with Gasteiger partial charge in [0.1, 0.15) is 11.8 Å². The van der Waals surface area contributed by atoms with E-state index in [4.69, 9.17) is 5.41 Å². The molecule has 0 aliphatic carbocycles. The molecule has 0 aromatic carbocycles. The molecule has 0 unspecified atom stereocenters. The molecule has 0 spiro atoms. The average Bonchev–Trinajstić information content (AvgIpc) is 2.56. The summed E-state index contributed by atoms with van der Waals surface area (Å²) in [5.74, 6) is -0.740. The van der Waals surface area contributed by atoms with Crippen LogP contribution in [0.15, 0.2) is 0 Å². The minimum Gasteiger partial charge on any atom is -0.352 e. The van der Waals surface area contributed by atoms with Crippen LogP contribution in [0.3, 0.4) is 0 Å². The van der Waals surface area contributed by atoms with Gasteiger partial charge < -0.3 is 20.7 Å². The molecule has 0 aliphatic heterocycles. The summed E-state index contributed by atoms with van der Waals surface area (Å²) >= 11 is 0. The highest BCUT2D eigenvalue weighted by molar-refractivity contribution is 5.88. The molecule has 0 saturated carbocycles. The second-order valence-electron chi connectivity index (χ2n) is 6.83. The largest absolute Gasteiger partial charge is 0.352 e. The standard InChI is InChI=1S/C17H31N6O5/c1-12(2)9-11-19-16(26)14(21-15(25)8-4-6-13(3)24)7-5-10-20-17(18)22-23(27)28/h11-12,14H,4-10H2,1-3H3,(H,19,26)(H,21,25)(H3,18,20,22)/t14-/m0/s1. The number of carbonyl (C=O) groups is 3. The van der Waals surface area contributed by atoms with Gasteiger partial charge in [0.2, 0.25) is 11.8 Å². The molecule has 0 fully saturated rings. The number of nitro groups is 1. The molecule has 0 aromatic rings. The third-order valence-electron chi connectivity index (χ3n) is 3.59. The van der Waals surface area contributed by atoms with Gasteiger partial charge in [0.25, 0.3) is 5.96 Å². The maximum Gasteiger partial charge on any atom is 0.251 e. The summed E-state index contributed by atoms with van der Waals surface area (Å²) in [4.78, 5) is 45.6. The molecule has 0 bridgehead atoms. The predicted molar refractivity (Wildman–Crippen MR) is 103 cm³/mol. The third-order valence-corrected chi connectivity index (χ3v) is 3.59. The van der Waals surface area contributed by atoms with Crippen LogP contribution in [0.2, 0.25) is 0 Å². The van der Waals surface area contributed by atoms with E-state index in [1.807, 2.05) is 13.8 Å². The normalized spacial score (nSPS) is 11.4. The number of hydrogen-bond acceptors (Lipinski definition) is 6. The Hall–Kier alpha value is -2.72. The first-order chi connectivity index (χ1) is 13.1. The van der Waals surface area contributed by atoms with E-state index in [0.717, 1.165) is 0 Å². The Labute approximate surface area is 165 Å². The van der Waals surface area contributed by atoms with Gasteiger partial charge in [-0.05, 0) is 38.5 Å². The highest BCUT2D eigenvalue weighted by Gasteiger charge is 2.20. The van der Waals surface area contributed by atoms with Gasteiger partial charge in [-0.3, -0.25) is 15.0 Å². The van der Waals surface area contributed by atoms with Crippen molar-refractivity contribution in [2.24, 2.45) is 5.92 Å². The van der Waals surface area contributed by atoms with Crippen LogP contribution in [0.5, 0.6) is 0 Å². The highest BCUT2D eigenvalue weighted by atomic mass is 16.7. The quantitative estimate of drug-likeness (QED) is 0.0939. The van der Waals surface area contributed by atoms with Crippen molar-refractivity contribution >= 4 is 23.6 Å². The maximum absolute atomic E-state index is 12.3. The van der Waals surface area contributed by atoms with Crippen LogP contribution in [0.25, 0.3) is 0 Å². The predicted octanol–water partition coefficient (Wildman–Crippen LogP) is 0.640. The number of ketones is 1. The van der Waals surface area contributed by atoms with Gasteiger partial charge in [0.05, 0.1) is 0 Å². The topological polar surface area (TPSA) is 166 Å². The Morgan fingerprint density at radius 3 is 2.43 bits per heavy atom. The zero-order valence-electron chi connectivity index (χ0n) is 16.7. The Kier molecular flexibility index (Phi) is 13.0. The summed E-state index contributed by atoms with van der Waals surface area (Å²) in [5.41, 5.74) is 1.67. The fourth-order valence-corrected chi connectivity index (χ4v) is 2.18. The lowest BCUT2D eigenvalue weighted by atomic mass is 10.1. The zero-order valence-corrected chi connectivity index (χ0v) is 16.7. The van der Waals surface area contributed by atoms with E-state index in [1.54, 1.807) is 12.0 Å². The van der Waals surface area contributed by atoms with Crippen LogP contribution < -0.4 is 21.4 Å². The van der Waals surface area contributed by atoms with Gasteiger partial charge in [-0.1, -0.05) is 19.3 Å². The van der Waals surface area contributed by atoms with Gasteiger partial charge in [-0.15, -0.1) is 0 Å². The third kappa shape index (κ3) is 14.4. The highest BCUT2D eigenvalue weighted by Crippen LogP contribution is 2.04. The molecule has 159 valence electrons. The lowest BCUT2D eigenvalue weighted by molar-refractivity contribution is -0.525. The molecule has 5 N–H and O–H groups in total. The molecule has 0 rings (SSSR count). The fourth-order valence-electron chi connectivity index (χ4n) is 2.18. The molecule has 1 atom stereocenters. The van der Waals surface area contributed by atoms with Crippen LogP contribution >= 0.6 is 0 Å². The zero-order chi connectivity index (χ0) is 21.5. The number of hydrogen-bond donors (Lipinski definition) is 5. The van der Waals surface area contributed by atoms with Crippen molar-refractivity contribution < 1.29 is 19.4 Å². The summed E-state index contributed by atoms with van der Waals surface area (Å²) in [5, 5.41) is 24.5. The van der Waals surface area contributed by atoms with Crippen molar-refractivity contribution in [1.82, 2.24) is 21.4 Å². The summed E-state index contributed by atoms with van der Waals surface area (Å²) in [6, 6.07) is -0.771. The first-order valence-electron chi connectivity index (χ1n) is 9.26. The molecule has 0 heterocycles. The molecule has 2 amide bonds. The van der Waals surface area contributed by atoms with Crippen molar-refractivity contribution in [2.45, 2.75) is 65.3 Å². The number of rotatable bonds is 14. The van der Waals surface area contributed by atoms with E-state index >= 15 is 0 Å². The summed E-state index contributed by atoms with van der Waals surface area (Å²) in [6.07, 6.45) is 2.25. The monoisotopic (exact) mass is 399 g/mol. The molecule has 0 aliphatic rings. The van der Waals surface area contributed by atoms with Crippen LogP contribution in [0.4, 0.5) is 0 Å². The van der Waals surface area contributed by atoms with Gasteiger partial charge in [-0.25, -0.2) is 10.1 Å². The van der Waals surface area contributed by atoms with Gasteiger partial charge >= 0.3 is 0 Å². The number of nitrogens with one attached hydrogen (secondary N) is 5. The Morgan fingerprint density at radius 1 is 1.18 bits per heavy atom. The molecule has 0 aromatic heterocycles. The Balaban J connectivity index is 4.50. The van der Waals surface area contributed by atoms with Crippen LogP contribution in [0, 0.1) is 28.0 Å². The second-order valence-corrected chi connectivity index (χ2v) is 6.83. The number of hydrazine groups is 1. The van der Waals surface area contributed by atoms with Crippen molar-refractivity contribution in [2.75, 3.05) is 6.54 Å². The number of carbonyl (C=O) groups excluding carboxylic acids is 3. The lowest BCUT2D eigenvalue weighted by Gasteiger charge is -2.19. The van der Waals surface area contributed by atoms with Crippen LogP contribution in [-0.2, 0) is 14.4 Å². The number of Topliss-reactive ketones (excluding diaryl/α,β-unsaturated/α-hetero) is 1. The van der Waals surface area contributed by atoms with E-state index in [-0.39, 0.29) is 30.6 Å². The lowest BCUT2D eigenvalue weighted by Crippen LogP contribution is -2.46. The van der Waals surface area contributed by atoms with Crippen molar-refractivity contribution in [3.8, 4) is 0 Å². The van der Waals surface area contributed by atoms with Gasteiger partial charge in [0.15, 0.2) is 5.03 Å². The Bertz CT molecular complexity index is 552. The molecule has 0 saturated heterocycles. The summed E-state index contributed by atoms with van der Waals surface area (Å²) in [7, 11) is 0. The SMILES string of the molecule is CC(=O)CCCC(=O)N[C@@H](CCCNC(=N)N[N+](=O)[O-])C(=O)N[CH]CC(C)C. The molecular formula is C17H31N6O5. The van der Waals surface area contributed by atoms with E-state index < -0.39 is 17.0 Å². The molecular weight excluding hydrogens is 368 g/mol. The number of nitrogens with zero attached hydrogens (tertiary/aromatic N) is 1. The van der Waals surface area contributed by atoms with Gasteiger partial charge in [0, 0.05) is 25.9 Å². The smallest absolute Gasteiger partial charge is 0.251 e. The van der Waals surface area contributed by atoms with E-state index in [2.05, 4.69) is 16.0 Å². The minimum atomic E-state index is -0.850. The van der Waals surface area contributed by atoms with Gasteiger partial charge in [-0.2, -0.15) is 0 Å². The first-order valence-corrected chi connectivity index (χ1v) is 9.26. The van der Waals surface area contributed by atoms with Crippen molar-refractivity contribution in [3.05, 3.63) is 16.7 Å². The van der Waals surface area contributed by atoms with Crippen LogP contribution in [0.1, 0.15) is 59.3 Å². The number of guanidine groups is 1. The fraction of sp³-hybridized carbons (Fsp3) is 0.706.